The average Bonchev–Trinajstić information content (AvgIpc) is 3.41. The van der Waals surface area contributed by atoms with E-state index >= 15 is 0 Å². The molecular formula is C22H25N3O5S2. The minimum Gasteiger partial charge on any atom is -0.462 e. The van der Waals surface area contributed by atoms with Gasteiger partial charge in [-0.1, -0.05) is 6.92 Å². The number of rotatable bonds is 6. The molecule has 10 heteroatoms. The molecule has 4 rings (SSSR count). The number of thiophene rings is 2. The Balaban J connectivity index is 1.54. The molecular weight excluding hydrogens is 450 g/mol. The lowest BCUT2D eigenvalue weighted by molar-refractivity contribution is -0.134. The number of aryl methyl sites for hydroxylation is 2. The summed E-state index contributed by atoms with van der Waals surface area (Å²) in [5.74, 6) is -1.44. The van der Waals surface area contributed by atoms with Gasteiger partial charge in [-0.15, -0.1) is 22.7 Å². The molecule has 2 N–H and O–H groups in total. The summed E-state index contributed by atoms with van der Waals surface area (Å²) in [5, 5.41) is 7.87. The van der Waals surface area contributed by atoms with E-state index in [9.17, 15) is 19.2 Å². The molecule has 1 spiro atoms. The first-order valence-corrected chi connectivity index (χ1v) is 12.3. The second kappa shape index (κ2) is 8.67. The first-order valence-electron chi connectivity index (χ1n) is 10.6. The Morgan fingerprint density at radius 3 is 2.81 bits per heavy atom. The van der Waals surface area contributed by atoms with Gasteiger partial charge >= 0.3 is 12.0 Å². The molecule has 0 saturated carbocycles. The first-order chi connectivity index (χ1) is 15.3. The van der Waals surface area contributed by atoms with Crippen molar-refractivity contribution in [3.63, 3.8) is 0 Å². The van der Waals surface area contributed by atoms with Gasteiger partial charge in [0.2, 0.25) is 5.91 Å². The zero-order valence-electron chi connectivity index (χ0n) is 18.2. The number of esters is 1. The maximum absolute atomic E-state index is 13.3. The fraction of sp³-hybridized carbons (Fsp3) is 0.455. The molecule has 1 atom stereocenters. The van der Waals surface area contributed by atoms with Crippen LogP contribution in [0.5, 0.6) is 0 Å². The second-order valence-corrected chi connectivity index (χ2v) is 10.0. The lowest BCUT2D eigenvalue weighted by Crippen LogP contribution is -2.46. The van der Waals surface area contributed by atoms with Gasteiger partial charge in [0, 0.05) is 15.3 Å². The molecule has 3 heterocycles. The Kier molecular flexibility index (Phi) is 6.09. The summed E-state index contributed by atoms with van der Waals surface area (Å²) in [5.41, 5.74) is 0.913. The highest BCUT2D eigenvalue weighted by Crippen LogP contribution is 2.42. The topological polar surface area (TPSA) is 105 Å². The van der Waals surface area contributed by atoms with Crippen LogP contribution in [0.4, 0.5) is 9.80 Å². The third-order valence-corrected chi connectivity index (χ3v) is 7.98. The SMILES string of the molecule is CCOC(=O)c1c(NC(=O)CN2C(=O)N[C@]3(CCCc4sccc43)C2=O)sc(C)c1CC. The zero-order valence-corrected chi connectivity index (χ0v) is 19.8. The number of fused-ring (bicyclic) bond motifs is 2. The minimum absolute atomic E-state index is 0.222. The summed E-state index contributed by atoms with van der Waals surface area (Å²) >= 11 is 2.86. The van der Waals surface area contributed by atoms with Crippen molar-refractivity contribution in [3.05, 3.63) is 37.9 Å². The number of carbonyl (C=O) groups is 4. The summed E-state index contributed by atoms with van der Waals surface area (Å²) < 4.78 is 5.16. The van der Waals surface area contributed by atoms with Gasteiger partial charge < -0.3 is 15.4 Å². The summed E-state index contributed by atoms with van der Waals surface area (Å²) in [6.07, 6.45) is 2.80. The molecule has 1 fully saturated rings. The molecule has 2 aliphatic rings. The molecule has 2 aromatic rings. The Labute approximate surface area is 193 Å². The van der Waals surface area contributed by atoms with E-state index in [4.69, 9.17) is 4.74 Å². The Hall–Kier alpha value is -2.72. The van der Waals surface area contributed by atoms with Crippen LogP contribution in [-0.2, 0) is 32.7 Å². The molecule has 0 unspecified atom stereocenters. The fourth-order valence-corrected chi connectivity index (χ4v) is 6.66. The number of hydrogen-bond acceptors (Lipinski definition) is 7. The second-order valence-electron chi connectivity index (χ2n) is 7.80. The molecule has 0 aromatic carbocycles. The number of hydrogen-bond donors (Lipinski definition) is 2. The van der Waals surface area contributed by atoms with Gasteiger partial charge in [0.1, 0.15) is 17.1 Å². The van der Waals surface area contributed by atoms with Crippen LogP contribution in [0.25, 0.3) is 0 Å². The molecule has 1 saturated heterocycles. The quantitative estimate of drug-likeness (QED) is 0.491. The van der Waals surface area contributed by atoms with Crippen LogP contribution in [0.2, 0.25) is 0 Å². The number of carbonyl (C=O) groups excluding carboxylic acids is 4. The molecule has 8 nitrogen and oxygen atoms in total. The van der Waals surface area contributed by atoms with Gasteiger partial charge in [-0.2, -0.15) is 0 Å². The number of amides is 4. The Bertz CT molecular complexity index is 1110. The lowest BCUT2D eigenvalue weighted by atomic mass is 9.80. The van der Waals surface area contributed by atoms with Crippen molar-refractivity contribution in [2.24, 2.45) is 0 Å². The van der Waals surface area contributed by atoms with Crippen LogP contribution < -0.4 is 10.6 Å². The molecule has 4 amide bonds. The number of imide groups is 1. The number of urea groups is 1. The van der Waals surface area contributed by atoms with Crippen molar-refractivity contribution in [2.45, 2.75) is 52.0 Å². The lowest BCUT2D eigenvalue weighted by Gasteiger charge is -2.31. The van der Waals surface area contributed by atoms with E-state index in [0.29, 0.717) is 23.4 Å². The van der Waals surface area contributed by atoms with E-state index in [1.165, 1.54) is 11.3 Å². The minimum atomic E-state index is -1.09. The predicted molar refractivity (Wildman–Crippen MR) is 122 cm³/mol. The molecule has 32 heavy (non-hydrogen) atoms. The molecule has 0 bridgehead atoms. The van der Waals surface area contributed by atoms with Gasteiger partial charge in [0.05, 0.1) is 12.2 Å². The van der Waals surface area contributed by atoms with Gasteiger partial charge in [-0.05, 0) is 56.5 Å². The van der Waals surface area contributed by atoms with Crippen molar-refractivity contribution in [1.82, 2.24) is 10.2 Å². The molecule has 170 valence electrons. The molecule has 1 aliphatic carbocycles. The number of ether oxygens (including phenoxy) is 1. The van der Waals surface area contributed by atoms with E-state index < -0.39 is 35.9 Å². The number of nitrogens with zero attached hydrogens (tertiary/aromatic N) is 1. The average molecular weight is 476 g/mol. The van der Waals surface area contributed by atoms with E-state index in [0.717, 1.165) is 38.6 Å². The summed E-state index contributed by atoms with van der Waals surface area (Å²) in [6, 6.07) is 1.30. The van der Waals surface area contributed by atoms with Crippen molar-refractivity contribution in [1.29, 1.82) is 0 Å². The first kappa shape index (κ1) is 22.5. The number of nitrogens with one attached hydrogen (secondary N) is 2. The van der Waals surface area contributed by atoms with E-state index in [2.05, 4.69) is 10.6 Å². The zero-order chi connectivity index (χ0) is 23.0. The fourth-order valence-electron chi connectivity index (χ4n) is 4.51. The smallest absolute Gasteiger partial charge is 0.341 e. The van der Waals surface area contributed by atoms with E-state index in [1.54, 1.807) is 18.3 Å². The van der Waals surface area contributed by atoms with Crippen molar-refractivity contribution >= 4 is 51.5 Å². The third-order valence-electron chi connectivity index (χ3n) is 5.93. The van der Waals surface area contributed by atoms with E-state index in [-0.39, 0.29) is 6.61 Å². The van der Waals surface area contributed by atoms with Crippen LogP contribution >= 0.6 is 22.7 Å². The van der Waals surface area contributed by atoms with Gasteiger partial charge in [0.25, 0.3) is 5.91 Å². The maximum Gasteiger partial charge on any atom is 0.341 e. The van der Waals surface area contributed by atoms with Crippen LogP contribution in [0.15, 0.2) is 11.4 Å². The maximum atomic E-state index is 13.3. The van der Waals surface area contributed by atoms with Gasteiger partial charge in [-0.25, -0.2) is 9.59 Å². The Morgan fingerprint density at radius 2 is 2.09 bits per heavy atom. The van der Waals surface area contributed by atoms with Crippen LogP contribution in [-0.4, -0.2) is 41.9 Å². The summed E-state index contributed by atoms with van der Waals surface area (Å²) in [4.78, 5) is 54.3. The van der Waals surface area contributed by atoms with Crippen molar-refractivity contribution < 1.29 is 23.9 Å². The van der Waals surface area contributed by atoms with E-state index in [1.807, 2.05) is 25.3 Å². The highest BCUT2D eigenvalue weighted by atomic mass is 32.1. The summed E-state index contributed by atoms with van der Waals surface area (Å²) in [7, 11) is 0. The largest absolute Gasteiger partial charge is 0.462 e. The molecule has 1 aliphatic heterocycles. The number of anilines is 1. The van der Waals surface area contributed by atoms with Crippen molar-refractivity contribution in [2.75, 3.05) is 18.5 Å². The standard InChI is InChI=1S/C22H25N3O5S2/c1-4-13-12(3)32-18(17(13)19(27)30-5-2)23-16(26)11-25-20(28)22(24-21(25)29)9-6-7-15-14(22)8-10-31-15/h8,10H,4-7,9,11H2,1-3H3,(H,23,26)(H,24,29)/t22-/m0/s1. The predicted octanol–water partition coefficient (Wildman–Crippen LogP) is 3.58. The normalized spacial score (nSPS) is 19.8. The van der Waals surface area contributed by atoms with Crippen LogP contribution in [0.3, 0.4) is 0 Å². The van der Waals surface area contributed by atoms with Gasteiger partial charge in [0.15, 0.2) is 0 Å². The molecule has 2 aromatic heterocycles. The monoisotopic (exact) mass is 475 g/mol. The Morgan fingerprint density at radius 1 is 1.31 bits per heavy atom. The summed E-state index contributed by atoms with van der Waals surface area (Å²) in [6.45, 7) is 5.33. The highest BCUT2D eigenvalue weighted by Gasteiger charge is 2.54. The molecule has 0 radical (unpaired) electrons. The van der Waals surface area contributed by atoms with Crippen LogP contribution in [0.1, 0.15) is 57.9 Å². The third kappa shape index (κ3) is 3.61. The highest BCUT2D eigenvalue weighted by molar-refractivity contribution is 7.16. The van der Waals surface area contributed by atoms with Gasteiger partial charge in [-0.3, -0.25) is 14.5 Å². The van der Waals surface area contributed by atoms with Crippen LogP contribution in [0, 0.1) is 6.92 Å². The van der Waals surface area contributed by atoms with Crippen molar-refractivity contribution in [3.8, 4) is 0 Å².